The second kappa shape index (κ2) is 48.5. The second-order valence-corrected chi connectivity index (χ2v) is 17.9. The number of aliphatic hydroxyl groups is 2. The number of aliphatic hydroxyl groups excluding tert-OH is 2. The highest BCUT2D eigenvalue weighted by molar-refractivity contribution is 5.76. The molecule has 0 aliphatic heterocycles. The highest BCUT2D eigenvalue weighted by Crippen LogP contribution is 2.17. The van der Waals surface area contributed by atoms with Crippen molar-refractivity contribution in [2.45, 2.75) is 309 Å². The first kappa shape index (κ1) is 55.1. The Bertz CT molecular complexity index is 769. The van der Waals surface area contributed by atoms with Crippen molar-refractivity contribution in [1.82, 2.24) is 5.32 Å². The molecular weight excluding hydrogens is 687 g/mol. The molecule has 4 nitrogen and oxygen atoms in total. The molecule has 2 atom stereocenters. The SMILES string of the molecule is CCCCCCCCCC/C=C\CCCCCCCCCCCCCCCCCCCCCCCCCC(=O)NC(CO)C(O)CCCCCCCCCCC. The molecule has 56 heavy (non-hydrogen) atoms. The van der Waals surface area contributed by atoms with Crippen LogP contribution >= 0.6 is 0 Å². The molecular formula is C52H103NO3. The number of hydrogen-bond acceptors (Lipinski definition) is 3. The number of carbonyl (C=O) groups is 1. The Morgan fingerprint density at radius 1 is 0.411 bits per heavy atom. The average Bonchev–Trinajstić information content (AvgIpc) is 3.20. The van der Waals surface area contributed by atoms with Gasteiger partial charge < -0.3 is 15.5 Å². The topological polar surface area (TPSA) is 69.6 Å². The maximum atomic E-state index is 12.4. The summed E-state index contributed by atoms with van der Waals surface area (Å²) in [6.45, 7) is 4.36. The molecule has 0 spiro atoms. The molecule has 0 heterocycles. The minimum absolute atomic E-state index is 0.0280. The first-order valence-electron chi connectivity index (χ1n) is 25.9. The van der Waals surface area contributed by atoms with E-state index < -0.39 is 12.1 Å². The largest absolute Gasteiger partial charge is 0.394 e. The molecule has 0 saturated heterocycles. The summed E-state index contributed by atoms with van der Waals surface area (Å²) in [6.07, 6.45) is 62.1. The minimum atomic E-state index is -0.653. The van der Waals surface area contributed by atoms with Crippen LogP contribution in [0, 0.1) is 0 Å². The van der Waals surface area contributed by atoms with Crippen molar-refractivity contribution in [3.05, 3.63) is 12.2 Å². The summed E-state index contributed by atoms with van der Waals surface area (Å²) < 4.78 is 0. The predicted octanol–water partition coefficient (Wildman–Crippen LogP) is 16.6. The van der Waals surface area contributed by atoms with Gasteiger partial charge in [0.1, 0.15) is 0 Å². The lowest BCUT2D eigenvalue weighted by Crippen LogP contribution is -2.45. The van der Waals surface area contributed by atoms with Crippen molar-refractivity contribution in [1.29, 1.82) is 0 Å². The van der Waals surface area contributed by atoms with Crippen LogP contribution in [0.5, 0.6) is 0 Å². The van der Waals surface area contributed by atoms with Crippen LogP contribution in [0.25, 0.3) is 0 Å². The third kappa shape index (κ3) is 44.2. The highest BCUT2D eigenvalue weighted by atomic mass is 16.3. The smallest absolute Gasteiger partial charge is 0.220 e. The molecule has 334 valence electrons. The molecule has 4 heteroatoms. The van der Waals surface area contributed by atoms with Crippen LogP contribution in [0.2, 0.25) is 0 Å². The van der Waals surface area contributed by atoms with Crippen LogP contribution in [0.3, 0.4) is 0 Å². The number of rotatable bonds is 48. The zero-order valence-corrected chi connectivity index (χ0v) is 38.4. The number of allylic oxidation sites excluding steroid dienone is 2. The van der Waals surface area contributed by atoms with Gasteiger partial charge in [0, 0.05) is 6.42 Å². The first-order valence-corrected chi connectivity index (χ1v) is 25.9. The van der Waals surface area contributed by atoms with E-state index in [9.17, 15) is 15.0 Å². The van der Waals surface area contributed by atoms with Crippen molar-refractivity contribution in [3.63, 3.8) is 0 Å². The van der Waals surface area contributed by atoms with Crippen LogP contribution in [-0.4, -0.2) is 34.9 Å². The van der Waals surface area contributed by atoms with E-state index in [4.69, 9.17) is 0 Å². The maximum absolute atomic E-state index is 12.4. The summed E-state index contributed by atoms with van der Waals surface area (Å²) in [5.74, 6) is -0.0280. The lowest BCUT2D eigenvalue weighted by molar-refractivity contribution is -0.123. The van der Waals surface area contributed by atoms with Crippen molar-refractivity contribution >= 4 is 5.91 Å². The van der Waals surface area contributed by atoms with E-state index in [1.807, 2.05) is 0 Å². The molecule has 0 fully saturated rings. The molecule has 0 aromatic heterocycles. The molecule has 1 amide bonds. The van der Waals surface area contributed by atoms with Crippen LogP contribution < -0.4 is 5.32 Å². The molecule has 0 bridgehead atoms. The van der Waals surface area contributed by atoms with Crippen LogP contribution in [0.15, 0.2) is 12.2 Å². The van der Waals surface area contributed by atoms with Gasteiger partial charge in [-0.2, -0.15) is 0 Å². The molecule has 0 radical (unpaired) electrons. The van der Waals surface area contributed by atoms with Crippen molar-refractivity contribution in [2.75, 3.05) is 6.61 Å². The Kier molecular flexibility index (Phi) is 47.7. The third-order valence-electron chi connectivity index (χ3n) is 12.3. The van der Waals surface area contributed by atoms with Gasteiger partial charge in [0.2, 0.25) is 5.91 Å². The summed E-state index contributed by atoms with van der Waals surface area (Å²) in [6, 6.07) is -0.529. The number of hydrogen-bond donors (Lipinski definition) is 3. The van der Waals surface area contributed by atoms with Gasteiger partial charge in [-0.15, -0.1) is 0 Å². The van der Waals surface area contributed by atoms with Gasteiger partial charge in [-0.25, -0.2) is 0 Å². The van der Waals surface area contributed by atoms with E-state index in [2.05, 4.69) is 31.3 Å². The molecule has 0 aromatic carbocycles. The van der Waals surface area contributed by atoms with Crippen LogP contribution in [-0.2, 0) is 4.79 Å². The van der Waals surface area contributed by atoms with Crippen molar-refractivity contribution in [3.8, 4) is 0 Å². The summed E-state index contributed by atoms with van der Waals surface area (Å²) >= 11 is 0. The summed E-state index contributed by atoms with van der Waals surface area (Å²) in [5.41, 5.74) is 0. The Labute approximate surface area is 352 Å². The molecule has 0 aliphatic carbocycles. The first-order chi connectivity index (χ1) is 27.7. The van der Waals surface area contributed by atoms with E-state index in [1.54, 1.807) is 0 Å². The normalized spacial score (nSPS) is 12.9. The minimum Gasteiger partial charge on any atom is -0.394 e. The maximum Gasteiger partial charge on any atom is 0.220 e. The summed E-state index contributed by atoms with van der Waals surface area (Å²) in [7, 11) is 0. The zero-order valence-electron chi connectivity index (χ0n) is 38.4. The molecule has 0 aromatic rings. The summed E-state index contributed by atoms with van der Waals surface area (Å²) in [5, 5.41) is 23.1. The van der Waals surface area contributed by atoms with E-state index >= 15 is 0 Å². The number of nitrogens with one attached hydrogen (secondary N) is 1. The van der Waals surface area contributed by atoms with Gasteiger partial charge in [0.25, 0.3) is 0 Å². The van der Waals surface area contributed by atoms with Gasteiger partial charge in [-0.1, -0.05) is 264 Å². The van der Waals surface area contributed by atoms with Gasteiger partial charge in [0.05, 0.1) is 18.8 Å². The Hall–Kier alpha value is -0.870. The van der Waals surface area contributed by atoms with Gasteiger partial charge in [-0.3, -0.25) is 4.79 Å². The monoisotopic (exact) mass is 790 g/mol. The summed E-state index contributed by atoms with van der Waals surface area (Å²) in [4.78, 5) is 12.4. The average molecular weight is 790 g/mol. The number of carbonyl (C=O) groups excluding carboxylic acids is 1. The number of unbranched alkanes of at least 4 members (excludes halogenated alkanes) is 39. The van der Waals surface area contributed by atoms with Crippen molar-refractivity contribution in [2.24, 2.45) is 0 Å². The van der Waals surface area contributed by atoms with E-state index in [0.29, 0.717) is 12.8 Å². The Morgan fingerprint density at radius 2 is 0.679 bits per heavy atom. The Balaban J connectivity index is 3.32. The van der Waals surface area contributed by atoms with Crippen LogP contribution in [0.4, 0.5) is 0 Å². The Morgan fingerprint density at radius 3 is 0.982 bits per heavy atom. The zero-order chi connectivity index (χ0) is 40.7. The fourth-order valence-corrected chi connectivity index (χ4v) is 8.30. The molecule has 3 N–H and O–H groups in total. The van der Waals surface area contributed by atoms with Gasteiger partial charge in [0.15, 0.2) is 0 Å². The molecule has 0 rings (SSSR count). The molecule has 0 aliphatic rings. The van der Waals surface area contributed by atoms with E-state index in [1.165, 1.54) is 244 Å². The van der Waals surface area contributed by atoms with E-state index in [-0.39, 0.29) is 12.5 Å². The lowest BCUT2D eigenvalue weighted by atomic mass is 10.0. The molecule has 0 saturated carbocycles. The molecule has 2 unspecified atom stereocenters. The number of amides is 1. The fraction of sp³-hybridized carbons (Fsp3) is 0.942. The predicted molar refractivity (Wildman–Crippen MR) is 249 cm³/mol. The third-order valence-corrected chi connectivity index (χ3v) is 12.3. The van der Waals surface area contributed by atoms with Gasteiger partial charge in [-0.05, 0) is 38.5 Å². The van der Waals surface area contributed by atoms with Crippen molar-refractivity contribution < 1.29 is 15.0 Å². The lowest BCUT2D eigenvalue weighted by Gasteiger charge is -2.22. The van der Waals surface area contributed by atoms with E-state index in [0.717, 1.165) is 25.7 Å². The second-order valence-electron chi connectivity index (χ2n) is 17.9. The van der Waals surface area contributed by atoms with Gasteiger partial charge >= 0.3 is 0 Å². The quantitative estimate of drug-likeness (QED) is 0.0425. The fourth-order valence-electron chi connectivity index (χ4n) is 8.30. The highest BCUT2D eigenvalue weighted by Gasteiger charge is 2.20. The van der Waals surface area contributed by atoms with Crippen LogP contribution in [0.1, 0.15) is 296 Å². The standard InChI is InChI=1S/C52H103NO3/c1-3-5-7-9-11-13-14-15-16-17-18-19-20-21-22-23-24-25-26-27-28-29-30-31-32-33-34-35-36-37-38-40-42-44-46-48-52(56)53-50(49-54)51(55)47-45-43-41-39-12-10-8-6-4-2/h17-18,50-51,54-55H,3-16,19-49H2,1-2H3,(H,53,56)/b18-17-.